The van der Waals surface area contributed by atoms with Crippen molar-refractivity contribution < 1.29 is 13.2 Å². The van der Waals surface area contributed by atoms with Crippen molar-refractivity contribution >= 4 is 21.4 Å². The van der Waals surface area contributed by atoms with Crippen LogP contribution in [0.5, 0.6) is 5.75 Å². The summed E-state index contributed by atoms with van der Waals surface area (Å²) in [6.45, 7) is 1.13. The van der Waals surface area contributed by atoms with E-state index >= 15 is 0 Å². The van der Waals surface area contributed by atoms with E-state index in [1.807, 2.05) is 11.4 Å². The first-order chi connectivity index (χ1) is 10.1. The molecule has 3 rings (SSSR count). The molecule has 2 aromatic rings. The van der Waals surface area contributed by atoms with Gasteiger partial charge >= 0.3 is 0 Å². The summed E-state index contributed by atoms with van der Waals surface area (Å²) in [6.07, 6.45) is 0.879. The lowest BCUT2D eigenvalue weighted by molar-refractivity contribution is 0.412. The molecule has 0 saturated carbocycles. The molecule has 112 valence electrons. The van der Waals surface area contributed by atoms with Gasteiger partial charge in [0, 0.05) is 30.0 Å². The van der Waals surface area contributed by atoms with Crippen LogP contribution in [0.15, 0.2) is 46.7 Å². The second-order valence-electron chi connectivity index (χ2n) is 5.04. The Labute approximate surface area is 129 Å². The summed E-state index contributed by atoms with van der Waals surface area (Å²) in [6, 6.07) is 10.7. The van der Waals surface area contributed by atoms with Crippen molar-refractivity contribution in [3.05, 3.63) is 46.7 Å². The summed E-state index contributed by atoms with van der Waals surface area (Å²) in [5.41, 5.74) is 0. The molecule has 21 heavy (non-hydrogen) atoms. The summed E-state index contributed by atoms with van der Waals surface area (Å²) in [5.74, 6) is 0.871. The molecule has 4 nitrogen and oxygen atoms in total. The monoisotopic (exact) mass is 323 g/mol. The normalized spacial score (nSPS) is 19.8. The topological polar surface area (TPSA) is 46.6 Å². The number of benzene rings is 1. The number of thiophene rings is 1. The minimum Gasteiger partial charge on any atom is -0.497 e. The van der Waals surface area contributed by atoms with Gasteiger partial charge in [-0.25, -0.2) is 8.42 Å². The third-order valence-electron chi connectivity index (χ3n) is 3.78. The quantitative estimate of drug-likeness (QED) is 0.869. The third kappa shape index (κ3) is 2.84. The molecule has 1 aromatic heterocycles. The number of nitrogens with zero attached hydrogens (tertiary/aromatic N) is 1. The SMILES string of the molecule is COc1cccc(S(=O)(=O)N2CCC(c3cccs3)C2)c1. The van der Waals surface area contributed by atoms with Crippen LogP contribution in [0.4, 0.5) is 0 Å². The van der Waals surface area contributed by atoms with E-state index in [1.165, 1.54) is 12.0 Å². The lowest BCUT2D eigenvalue weighted by Crippen LogP contribution is -2.28. The zero-order valence-corrected chi connectivity index (χ0v) is 13.4. The van der Waals surface area contributed by atoms with Crippen LogP contribution in [0.2, 0.25) is 0 Å². The smallest absolute Gasteiger partial charge is 0.243 e. The second kappa shape index (κ2) is 5.79. The van der Waals surface area contributed by atoms with Gasteiger partial charge in [-0.3, -0.25) is 0 Å². The van der Waals surface area contributed by atoms with E-state index in [2.05, 4.69) is 6.07 Å². The Kier molecular flexibility index (Phi) is 4.01. The van der Waals surface area contributed by atoms with Crippen LogP contribution in [0.3, 0.4) is 0 Å². The fourth-order valence-corrected chi connectivity index (χ4v) is 5.00. The number of hydrogen-bond acceptors (Lipinski definition) is 4. The molecule has 1 fully saturated rings. The Balaban J connectivity index is 1.83. The Morgan fingerprint density at radius 2 is 2.14 bits per heavy atom. The zero-order valence-electron chi connectivity index (χ0n) is 11.7. The Bertz CT molecular complexity index is 710. The highest BCUT2D eigenvalue weighted by molar-refractivity contribution is 7.89. The third-order valence-corrected chi connectivity index (χ3v) is 6.67. The van der Waals surface area contributed by atoms with Crippen molar-refractivity contribution in [1.29, 1.82) is 0 Å². The second-order valence-corrected chi connectivity index (χ2v) is 7.96. The van der Waals surface area contributed by atoms with Crippen LogP contribution in [-0.4, -0.2) is 32.9 Å². The molecule has 1 aliphatic heterocycles. The van der Waals surface area contributed by atoms with E-state index in [4.69, 9.17) is 4.74 Å². The van der Waals surface area contributed by atoms with Gasteiger partial charge in [-0.15, -0.1) is 11.3 Å². The van der Waals surface area contributed by atoms with Gasteiger partial charge in [-0.1, -0.05) is 12.1 Å². The molecule has 0 aliphatic carbocycles. The van der Waals surface area contributed by atoms with E-state index in [0.29, 0.717) is 29.7 Å². The lowest BCUT2D eigenvalue weighted by Gasteiger charge is -2.16. The zero-order chi connectivity index (χ0) is 14.9. The molecule has 0 amide bonds. The summed E-state index contributed by atoms with van der Waals surface area (Å²) in [4.78, 5) is 1.56. The van der Waals surface area contributed by atoms with Crippen molar-refractivity contribution in [2.75, 3.05) is 20.2 Å². The maximum Gasteiger partial charge on any atom is 0.243 e. The van der Waals surface area contributed by atoms with Crippen LogP contribution in [0, 0.1) is 0 Å². The molecular weight excluding hydrogens is 306 g/mol. The number of methoxy groups -OCH3 is 1. The fraction of sp³-hybridized carbons (Fsp3) is 0.333. The van der Waals surface area contributed by atoms with Gasteiger partial charge in [-0.2, -0.15) is 4.31 Å². The maximum atomic E-state index is 12.7. The first-order valence-electron chi connectivity index (χ1n) is 6.79. The standard InChI is InChI=1S/C15H17NO3S2/c1-19-13-4-2-5-14(10-13)21(17,18)16-8-7-12(11-16)15-6-3-9-20-15/h2-6,9-10,12H,7-8,11H2,1H3. The largest absolute Gasteiger partial charge is 0.497 e. The average molecular weight is 323 g/mol. The van der Waals surface area contributed by atoms with Crippen molar-refractivity contribution in [1.82, 2.24) is 4.31 Å². The minimum absolute atomic E-state index is 0.300. The molecule has 1 atom stereocenters. The summed E-state index contributed by atoms with van der Waals surface area (Å²) in [7, 11) is -1.90. The Morgan fingerprint density at radius 3 is 2.86 bits per heavy atom. The van der Waals surface area contributed by atoms with Crippen molar-refractivity contribution in [2.45, 2.75) is 17.2 Å². The van der Waals surface area contributed by atoms with Gasteiger partial charge in [0.25, 0.3) is 0 Å². The summed E-state index contributed by atoms with van der Waals surface area (Å²) < 4.78 is 32.1. The predicted molar refractivity (Wildman–Crippen MR) is 83.4 cm³/mol. The highest BCUT2D eigenvalue weighted by atomic mass is 32.2. The Hall–Kier alpha value is -1.37. The molecule has 0 spiro atoms. The molecule has 2 heterocycles. The minimum atomic E-state index is -3.44. The molecule has 0 N–H and O–H groups in total. The number of hydrogen-bond donors (Lipinski definition) is 0. The predicted octanol–water partition coefficient (Wildman–Crippen LogP) is 2.93. The summed E-state index contributed by atoms with van der Waals surface area (Å²) in [5, 5.41) is 2.04. The van der Waals surface area contributed by atoms with Crippen LogP contribution < -0.4 is 4.74 Å². The van der Waals surface area contributed by atoms with Gasteiger partial charge in [-0.05, 0) is 30.0 Å². The molecule has 0 bridgehead atoms. The van der Waals surface area contributed by atoms with Gasteiger partial charge in [0.05, 0.1) is 12.0 Å². The van der Waals surface area contributed by atoms with Crippen molar-refractivity contribution in [3.63, 3.8) is 0 Å². The number of rotatable bonds is 4. The van der Waals surface area contributed by atoms with E-state index in [0.717, 1.165) is 6.42 Å². The van der Waals surface area contributed by atoms with Gasteiger partial charge in [0.1, 0.15) is 5.75 Å². The fourth-order valence-electron chi connectivity index (χ4n) is 2.61. The van der Waals surface area contributed by atoms with Crippen LogP contribution in [0.1, 0.15) is 17.2 Å². The van der Waals surface area contributed by atoms with Crippen LogP contribution >= 0.6 is 11.3 Å². The van der Waals surface area contributed by atoms with E-state index in [1.54, 1.807) is 39.9 Å². The Morgan fingerprint density at radius 1 is 1.29 bits per heavy atom. The van der Waals surface area contributed by atoms with E-state index in [-0.39, 0.29) is 0 Å². The van der Waals surface area contributed by atoms with Gasteiger partial charge in [0.2, 0.25) is 10.0 Å². The number of ether oxygens (including phenoxy) is 1. The van der Waals surface area contributed by atoms with Gasteiger partial charge < -0.3 is 4.74 Å². The molecule has 6 heteroatoms. The maximum absolute atomic E-state index is 12.7. The first kappa shape index (κ1) is 14.6. The van der Waals surface area contributed by atoms with Crippen molar-refractivity contribution in [2.24, 2.45) is 0 Å². The average Bonchev–Trinajstić information content (AvgIpc) is 3.18. The van der Waals surface area contributed by atoms with Crippen molar-refractivity contribution in [3.8, 4) is 5.75 Å². The molecule has 1 saturated heterocycles. The van der Waals surface area contributed by atoms with Gasteiger partial charge in [0.15, 0.2) is 0 Å². The number of sulfonamides is 1. The highest BCUT2D eigenvalue weighted by Crippen LogP contribution is 2.33. The highest BCUT2D eigenvalue weighted by Gasteiger charge is 2.33. The lowest BCUT2D eigenvalue weighted by atomic mass is 10.1. The molecule has 1 aliphatic rings. The molecule has 1 aromatic carbocycles. The first-order valence-corrected chi connectivity index (χ1v) is 9.11. The van der Waals surface area contributed by atoms with E-state index < -0.39 is 10.0 Å². The molecule has 1 unspecified atom stereocenters. The molecular formula is C15H17NO3S2. The molecule has 0 radical (unpaired) electrons. The van der Waals surface area contributed by atoms with E-state index in [9.17, 15) is 8.42 Å². The van der Waals surface area contributed by atoms with Crippen LogP contribution in [0.25, 0.3) is 0 Å². The summed E-state index contributed by atoms with van der Waals surface area (Å²) >= 11 is 1.69. The van der Waals surface area contributed by atoms with Crippen LogP contribution in [-0.2, 0) is 10.0 Å².